The van der Waals surface area contributed by atoms with E-state index in [0.717, 1.165) is 23.2 Å². The van der Waals surface area contributed by atoms with Crippen molar-refractivity contribution in [2.24, 2.45) is 10.9 Å². The number of carbonyl (C=O) groups is 1. The Kier molecular flexibility index (Phi) is 10.6. The van der Waals surface area contributed by atoms with Gasteiger partial charge in [0.15, 0.2) is 5.76 Å². The fraction of sp³-hybridized carbons (Fsp3) is 0.447. The number of hydrogen-bond acceptors (Lipinski definition) is 10. The van der Waals surface area contributed by atoms with Gasteiger partial charge in [0, 0.05) is 55.6 Å². The molecule has 51 heavy (non-hydrogen) atoms. The molecule has 1 N–H and O–H groups in total. The van der Waals surface area contributed by atoms with Gasteiger partial charge in [0.05, 0.1) is 40.4 Å². The second kappa shape index (κ2) is 14.6. The first-order valence-electron chi connectivity index (χ1n) is 17.0. The van der Waals surface area contributed by atoms with Gasteiger partial charge in [-0.15, -0.1) is 6.58 Å². The number of amides is 1. The number of aromatic amines is 1. The molecule has 4 heterocycles. The van der Waals surface area contributed by atoms with E-state index in [-0.39, 0.29) is 29.3 Å². The van der Waals surface area contributed by atoms with Crippen LogP contribution in [0.25, 0.3) is 27.5 Å². The van der Waals surface area contributed by atoms with Crippen LogP contribution < -0.4 is 15.6 Å². The molecule has 4 aromatic rings. The average molecular weight is 700 g/mol. The number of hydrogen-bond donors (Lipinski definition) is 1. The summed E-state index contributed by atoms with van der Waals surface area (Å²) >= 11 is 0. The zero-order valence-corrected chi connectivity index (χ0v) is 30.8. The number of ether oxygens (including phenoxy) is 1. The third kappa shape index (κ3) is 7.46. The Labute approximate surface area is 296 Å². The molecule has 1 amide bonds. The van der Waals surface area contributed by atoms with E-state index in [2.05, 4.69) is 39.3 Å². The van der Waals surface area contributed by atoms with E-state index in [4.69, 9.17) is 18.6 Å². The van der Waals surface area contributed by atoms with E-state index >= 15 is 4.39 Å². The van der Waals surface area contributed by atoms with Gasteiger partial charge in [-0.25, -0.2) is 19.0 Å². The minimum absolute atomic E-state index is 0.00986. The molecule has 0 spiro atoms. The third-order valence-corrected chi connectivity index (χ3v) is 9.35. The van der Waals surface area contributed by atoms with Gasteiger partial charge >= 0.3 is 11.9 Å². The number of allylic oxidation sites excluding steroid dienone is 2. The van der Waals surface area contributed by atoms with Crippen LogP contribution in [0.5, 0.6) is 0 Å². The minimum Gasteiger partial charge on any atom is -0.443 e. The molecule has 1 unspecified atom stereocenters. The van der Waals surface area contributed by atoms with Crippen LogP contribution in [0, 0.1) is 30.0 Å². The third-order valence-electron chi connectivity index (χ3n) is 9.35. The van der Waals surface area contributed by atoms with E-state index in [0.29, 0.717) is 53.1 Å². The Morgan fingerprint density at radius 2 is 2.06 bits per heavy atom. The summed E-state index contributed by atoms with van der Waals surface area (Å²) in [4.78, 5) is 43.3. The summed E-state index contributed by atoms with van der Waals surface area (Å²) in [7, 11) is 3.48. The molecule has 13 heteroatoms. The van der Waals surface area contributed by atoms with Crippen molar-refractivity contribution in [3.63, 3.8) is 0 Å². The van der Waals surface area contributed by atoms with E-state index in [1.807, 2.05) is 27.0 Å². The Balaban J connectivity index is 1.70. The number of anilines is 2. The van der Waals surface area contributed by atoms with Crippen LogP contribution in [0.2, 0.25) is 0 Å². The molecule has 3 atom stereocenters. The monoisotopic (exact) mass is 699 g/mol. The van der Waals surface area contributed by atoms with Gasteiger partial charge in [0.25, 0.3) is 0 Å². The highest BCUT2D eigenvalue weighted by molar-refractivity contribution is 6.22. The van der Waals surface area contributed by atoms with Crippen LogP contribution in [0.3, 0.4) is 0 Å². The maximum Gasteiger partial charge on any atom is 0.519 e. The number of rotatable bonds is 10. The van der Waals surface area contributed by atoms with Gasteiger partial charge in [-0.2, -0.15) is 5.26 Å². The molecule has 0 radical (unpaired) electrons. The van der Waals surface area contributed by atoms with Crippen molar-refractivity contribution in [1.29, 1.82) is 5.26 Å². The van der Waals surface area contributed by atoms with Gasteiger partial charge in [-0.05, 0) is 73.4 Å². The van der Waals surface area contributed by atoms with Crippen molar-refractivity contribution in [2.75, 3.05) is 37.0 Å². The van der Waals surface area contributed by atoms with E-state index in [1.54, 1.807) is 46.2 Å². The molecule has 12 nitrogen and oxygen atoms in total. The molecule has 1 saturated heterocycles. The van der Waals surface area contributed by atoms with E-state index in [1.165, 1.54) is 18.0 Å². The number of benzene rings is 1. The standard InChI is InChI=1S/C38H46FN7O5/c1-11-21(3)41-17-24(12-2)27-18-42-35-32(31-26(16-40)28(39)15-29(33(31)43-35)45(10)36(47)51-38(6,7)8)34(27)46-14-13-25(22(46)4)19-44(9)20-30-23(5)49-37(48)50-30/h11-12,15,17-18,21-22,25H,1,13-14,19-20H2,2-10H3,(H,42,43)/b24-12+,41-17-/t21?,22-,25+/m1/s1. The van der Waals surface area contributed by atoms with Gasteiger partial charge < -0.3 is 23.5 Å². The van der Waals surface area contributed by atoms with Crippen molar-refractivity contribution >= 4 is 51.2 Å². The highest BCUT2D eigenvalue weighted by Gasteiger charge is 2.36. The molecule has 1 fully saturated rings. The molecular formula is C38H46FN7O5. The summed E-state index contributed by atoms with van der Waals surface area (Å²) in [5.74, 6) is -0.343. The van der Waals surface area contributed by atoms with Crippen molar-refractivity contribution in [2.45, 2.75) is 79.1 Å². The van der Waals surface area contributed by atoms with Gasteiger partial charge in [-0.1, -0.05) is 12.2 Å². The van der Waals surface area contributed by atoms with Crippen molar-refractivity contribution in [3.05, 3.63) is 70.1 Å². The molecule has 1 aliphatic rings. The zero-order chi connectivity index (χ0) is 37.4. The number of aliphatic imine (C=N–C) groups is 1. The topological polar surface area (TPSA) is 144 Å². The lowest BCUT2D eigenvalue weighted by Crippen LogP contribution is -2.35. The number of aryl methyl sites for hydroxylation is 1. The second-order valence-corrected chi connectivity index (χ2v) is 14.1. The molecule has 0 saturated carbocycles. The summed E-state index contributed by atoms with van der Waals surface area (Å²) in [5.41, 5.74) is 2.43. The quantitative estimate of drug-likeness (QED) is 0.133. The van der Waals surface area contributed by atoms with Gasteiger partial charge in [-0.3, -0.25) is 14.8 Å². The smallest absolute Gasteiger partial charge is 0.443 e. The summed E-state index contributed by atoms with van der Waals surface area (Å²) in [6, 6.07) is 3.11. The van der Waals surface area contributed by atoms with Gasteiger partial charge in [0.1, 0.15) is 28.9 Å². The van der Waals surface area contributed by atoms with Crippen molar-refractivity contribution < 1.29 is 22.8 Å². The summed E-state index contributed by atoms with van der Waals surface area (Å²) < 4.78 is 31.9. The van der Waals surface area contributed by atoms with Crippen molar-refractivity contribution in [3.8, 4) is 6.07 Å². The first kappa shape index (κ1) is 37.0. The maximum absolute atomic E-state index is 16.0. The number of fused-ring (bicyclic) bond motifs is 3. The molecule has 0 aliphatic carbocycles. The maximum atomic E-state index is 16.0. The molecule has 0 bridgehead atoms. The van der Waals surface area contributed by atoms with Crippen molar-refractivity contribution in [1.82, 2.24) is 14.9 Å². The highest BCUT2D eigenvalue weighted by Crippen LogP contribution is 2.45. The van der Waals surface area contributed by atoms with Crippen LogP contribution in [0.15, 0.2) is 49.6 Å². The van der Waals surface area contributed by atoms with Crippen LogP contribution in [-0.4, -0.2) is 72.0 Å². The number of nitrogens with one attached hydrogen (secondary N) is 1. The predicted molar refractivity (Wildman–Crippen MR) is 198 cm³/mol. The number of H-pyrrole nitrogens is 1. The normalized spacial score (nSPS) is 17.5. The SMILES string of the molecule is C=CC(C)/N=C\C(=C/C)c1cnc2[nH]c3c(N(C)C(=O)OC(C)(C)C)cc(F)c(C#N)c3c2c1N1CC[C@@H](CN(C)Cc2oc(=O)oc2C)[C@H]1C. The van der Waals surface area contributed by atoms with Crippen LogP contribution in [0.1, 0.15) is 70.6 Å². The summed E-state index contributed by atoms with van der Waals surface area (Å²) in [5, 5.41) is 11.2. The molecule has 270 valence electrons. The van der Waals surface area contributed by atoms with Crippen LogP contribution in [-0.2, 0) is 11.3 Å². The average Bonchev–Trinajstić information content (AvgIpc) is 3.73. The fourth-order valence-electron chi connectivity index (χ4n) is 6.63. The van der Waals surface area contributed by atoms with E-state index in [9.17, 15) is 14.9 Å². The first-order chi connectivity index (χ1) is 24.1. The Morgan fingerprint density at radius 3 is 2.67 bits per heavy atom. The first-order valence-corrected chi connectivity index (χ1v) is 17.0. The Bertz CT molecular complexity index is 2130. The summed E-state index contributed by atoms with van der Waals surface area (Å²) in [6.45, 7) is 18.6. The molecular weight excluding hydrogens is 653 g/mol. The number of aromatic nitrogens is 2. The number of halogens is 1. The molecule has 1 aromatic carbocycles. The predicted octanol–water partition coefficient (Wildman–Crippen LogP) is 7.35. The Morgan fingerprint density at radius 1 is 1.33 bits per heavy atom. The van der Waals surface area contributed by atoms with Crippen LogP contribution in [0.4, 0.5) is 20.6 Å². The highest BCUT2D eigenvalue weighted by atomic mass is 19.1. The lowest BCUT2D eigenvalue weighted by Gasteiger charge is -2.31. The summed E-state index contributed by atoms with van der Waals surface area (Å²) in [6.07, 6.45) is 7.41. The zero-order valence-electron chi connectivity index (χ0n) is 30.8. The number of carbonyl (C=O) groups excluding carboxylic acids is 1. The molecule has 3 aromatic heterocycles. The van der Waals surface area contributed by atoms with Gasteiger partial charge in [0.2, 0.25) is 0 Å². The second-order valence-electron chi connectivity index (χ2n) is 14.1. The molecule has 1 aliphatic heterocycles. The van der Waals surface area contributed by atoms with Crippen LogP contribution >= 0.6 is 0 Å². The number of nitriles is 1. The molecule has 5 rings (SSSR count). The number of nitrogens with zero attached hydrogens (tertiary/aromatic N) is 6. The lowest BCUT2D eigenvalue weighted by molar-refractivity contribution is 0.0589. The lowest BCUT2D eigenvalue weighted by atomic mass is 9.97. The van der Waals surface area contributed by atoms with E-state index < -0.39 is 23.3 Å². The fourth-order valence-corrected chi connectivity index (χ4v) is 6.63. The minimum atomic E-state index is -0.783. The largest absolute Gasteiger partial charge is 0.519 e. The Hall–Kier alpha value is -5.22. The number of pyridine rings is 1.